The van der Waals surface area contributed by atoms with Crippen molar-refractivity contribution in [1.29, 1.82) is 0 Å². The van der Waals surface area contributed by atoms with E-state index >= 15 is 0 Å². The zero-order chi connectivity index (χ0) is 7.56. The molecule has 0 bridgehead atoms. The minimum Gasteiger partial charge on any atom is -0.380 e. The average Bonchev–Trinajstić information content (AvgIpc) is 2.34. The molecule has 1 aliphatic rings. The van der Waals surface area contributed by atoms with Crippen molar-refractivity contribution >= 4 is 18.3 Å². The standard InChI is InChI=1S/C6H12N2O2.ClH/c1-10-4-2-5(6(7)9)8-3-4;/h4-5,8H,2-3H2,1H3,(H2,7,9);1H/t4-,5-;/m0./s1. The van der Waals surface area contributed by atoms with Crippen molar-refractivity contribution in [1.82, 2.24) is 5.32 Å². The van der Waals surface area contributed by atoms with Gasteiger partial charge in [0.1, 0.15) is 0 Å². The summed E-state index contributed by atoms with van der Waals surface area (Å²) in [5.41, 5.74) is 5.06. The number of hydrogen-bond donors (Lipinski definition) is 2. The van der Waals surface area contributed by atoms with Crippen LogP contribution in [-0.2, 0) is 9.53 Å². The van der Waals surface area contributed by atoms with Crippen molar-refractivity contribution in [2.45, 2.75) is 18.6 Å². The summed E-state index contributed by atoms with van der Waals surface area (Å²) < 4.78 is 5.02. The lowest BCUT2D eigenvalue weighted by molar-refractivity contribution is -0.119. The lowest BCUT2D eigenvalue weighted by Crippen LogP contribution is -2.36. The van der Waals surface area contributed by atoms with Crippen LogP contribution in [0.4, 0.5) is 0 Å². The van der Waals surface area contributed by atoms with Gasteiger partial charge in [0.2, 0.25) is 5.91 Å². The molecule has 5 heteroatoms. The van der Waals surface area contributed by atoms with Crippen LogP contribution in [0.3, 0.4) is 0 Å². The number of carbonyl (C=O) groups is 1. The molecule has 66 valence electrons. The Labute approximate surface area is 71.9 Å². The van der Waals surface area contributed by atoms with Crippen molar-refractivity contribution in [2.24, 2.45) is 5.73 Å². The summed E-state index contributed by atoms with van der Waals surface area (Å²) in [7, 11) is 1.63. The Morgan fingerprint density at radius 1 is 1.73 bits per heavy atom. The number of rotatable bonds is 2. The minimum absolute atomic E-state index is 0. The van der Waals surface area contributed by atoms with Gasteiger partial charge >= 0.3 is 0 Å². The van der Waals surface area contributed by atoms with Gasteiger partial charge in [0.05, 0.1) is 12.1 Å². The first-order chi connectivity index (χ1) is 4.74. The number of methoxy groups -OCH3 is 1. The number of ether oxygens (including phenoxy) is 1. The average molecular weight is 181 g/mol. The summed E-state index contributed by atoms with van der Waals surface area (Å²) in [4.78, 5) is 10.6. The van der Waals surface area contributed by atoms with Crippen molar-refractivity contribution in [3.05, 3.63) is 0 Å². The molecule has 1 fully saturated rings. The minimum atomic E-state index is -0.292. The van der Waals surface area contributed by atoms with E-state index in [4.69, 9.17) is 10.5 Å². The lowest BCUT2D eigenvalue weighted by Gasteiger charge is -2.04. The molecule has 0 saturated carbocycles. The number of nitrogens with one attached hydrogen (secondary N) is 1. The van der Waals surface area contributed by atoms with Crippen molar-refractivity contribution in [3.8, 4) is 0 Å². The molecule has 1 saturated heterocycles. The van der Waals surface area contributed by atoms with E-state index in [1.807, 2.05) is 0 Å². The Bertz CT molecular complexity index is 143. The highest BCUT2D eigenvalue weighted by Crippen LogP contribution is 2.08. The summed E-state index contributed by atoms with van der Waals surface area (Å²) in [6.45, 7) is 0.726. The second kappa shape index (κ2) is 4.54. The molecule has 11 heavy (non-hydrogen) atoms. The fourth-order valence-electron chi connectivity index (χ4n) is 1.10. The Kier molecular flexibility index (Phi) is 4.40. The number of primary amides is 1. The van der Waals surface area contributed by atoms with Crippen LogP contribution in [0, 0.1) is 0 Å². The maximum absolute atomic E-state index is 10.6. The van der Waals surface area contributed by atoms with Crippen LogP contribution in [0.1, 0.15) is 6.42 Å². The Morgan fingerprint density at radius 2 is 2.36 bits per heavy atom. The number of amides is 1. The third-order valence-corrected chi connectivity index (χ3v) is 1.77. The van der Waals surface area contributed by atoms with E-state index in [1.54, 1.807) is 7.11 Å². The maximum atomic E-state index is 10.6. The maximum Gasteiger partial charge on any atom is 0.234 e. The molecular formula is C6H13ClN2O2. The first kappa shape index (κ1) is 10.7. The van der Waals surface area contributed by atoms with Crippen LogP contribution in [0.25, 0.3) is 0 Å². The monoisotopic (exact) mass is 180 g/mol. The second-order valence-corrected chi connectivity index (χ2v) is 2.46. The van der Waals surface area contributed by atoms with Gasteiger partial charge in [0, 0.05) is 13.7 Å². The largest absolute Gasteiger partial charge is 0.380 e. The highest BCUT2D eigenvalue weighted by atomic mass is 35.5. The number of hydrogen-bond acceptors (Lipinski definition) is 3. The van der Waals surface area contributed by atoms with Gasteiger partial charge in [-0.3, -0.25) is 4.79 Å². The topological polar surface area (TPSA) is 64.3 Å². The van der Waals surface area contributed by atoms with E-state index in [0.717, 1.165) is 6.54 Å². The lowest BCUT2D eigenvalue weighted by atomic mass is 10.2. The molecular weight excluding hydrogens is 168 g/mol. The first-order valence-corrected chi connectivity index (χ1v) is 3.29. The van der Waals surface area contributed by atoms with Crippen LogP contribution in [0.5, 0.6) is 0 Å². The Morgan fingerprint density at radius 3 is 2.64 bits per heavy atom. The van der Waals surface area contributed by atoms with E-state index in [2.05, 4.69) is 5.32 Å². The van der Waals surface area contributed by atoms with Gasteiger partial charge in [-0.15, -0.1) is 12.4 Å². The summed E-state index contributed by atoms with van der Waals surface area (Å²) in [6.07, 6.45) is 0.851. The van der Waals surface area contributed by atoms with E-state index in [0.29, 0.717) is 6.42 Å². The van der Waals surface area contributed by atoms with Crippen LogP contribution < -0.4 is 11.1 Å². The summed E-state index contributed by atoms with van der Waals surface area (Å²) in [5, 5.41) is 2.96. The summed E-state index contributed by atoms with van der Waals surface area (Å²) in [6, 6.07) is -0.190. The van der Waals surface area contributed by atoms with Gasteiger partial charge in [-0.05, 0) is 6.42 Å². The van der Waals surface area contributed by atoms with Crippen molar-refractivity contribution in [3.63, 3.8) is 0 Å². The molecule has 0 unspecified atom stereocenters. The molecule has 2 atom stereocenters. The number of nitrogens with two attached hydrogens (primary N) is 1. The fourth-order valence-corrected chi connectivity index (χ4v) is 1.10. The van der Waals surface area contributed by atoms with E-state index < -0.39 is 0 Å². The predicted molar refractivity (Wildman–Crippen MR) is 43.6 cm³/mol. The molecule has 3 N–H and O–H groups in total. The summed E-state index contributed by atoms with van der Waals surface area (Å²) in [5.74, 6) is -0.292. The van der Waals surface area contributed by atoms with Crippen LogP contribution in [-0.4, -0.2) is 31.7 Å². The van der Waals surface area contributed by atoms with Crippen molar-refractivity contribution in [2.75, 3.05) is 13.7 Å². The zero-order valence-electron chi connectivity index (χ0n) is 6.37. The molecule has 4 nitrogen and oxygen atoms in total. The Hall–Kier alpha value is -0.320. The third-order valence-electron chi connectivity index (χ3n) is 1.77. The van der Waals surface area contributed by atoms with Gasteiger partial charge in [0.15, 0.2) is 0 Å². The molecule has 0 aromatic heterocycles. The molecule has 0 radical (unpaired) electrons. The molecule has 1 aliphatic heterocycles. The van der Waals surface area contributed by atoms with Gasteiger partial charge in [-0.25, -0.2) is 0 Å². The molecule has 0 aromatic rings. The fraction of sp³-hybridized carbons (Fsp3) is 0.833. The quantitative estimate of drug-likeness (QED) is 0.589. The molecule has 0 aromatic carbocycles. The molecule has 0 aliphatic carbocycles. The normalized spacial score (nSPS) is 29.5. The highest BCUT2D eigenvalue weighted by Gasteiger charge is 2.27. The van der Waals surface area contributed by atoms with Crippen molar-refractivity contribution < 1.29 is 9.53 Å². The highest BCUT2D eigenvalue weighted by molar-refractivity contribution is 5.85. The van der Waals surface area contributed by atoms with Gasteiger partial charge < -0.3 is 15.8 Å². The van der Waals surface area contributed by atoms with Crippen LogP contribution in [0.2, 0.25) is 0 Å². The third kappa shape index (κ3) is 2.65. The van der Waals surface area contributed by atoms with Crippen LogP contribution >= 0.6 is 12.4 Å². The molecule has 0 spiro atoms. The molecule has 1 amide bonds. The SMILES string of the molecule is CO[C@@H]1CN[C@H](C(N)=O)C1.Cl. The van der Waals surface area contributed by atoms with Gasteiger partial charge in [-0.2, -0.15) is 0 Å². The van der Waals surface area contributed by atoms with Crippen LogP contribution in [0.15, 0.2) is 0 Å². The summed E-state index contributed by atoms with van der Waals surface area (Å²) >= 11 is 0. The Balaban J connectivity index is 0.000001000. The molecule has 1 heterocycles. The van der Waals surface area contributed by atoms with E-state index in [9.17, 15) is 4.79 Å². The smallest absolute Gasteiger partial charge is 0.234 e. The zero-order valence-corrected chi connectivity index (χ0v) is 7.19. The second-order valence-electron chi connectivity index (χ2n) is 2.46. The van der Waals surface area contributed by atoms with E-state index in [-0.39, 0.29) is 30.5 Å². The number of halogens is 1. The number of carbonyl (C=O) groups excluding carboxylic acids is 1. The van der Waals surface area contributed by atoms with E-state index in [1.165, 1.54) is 0 Å². The predicted octanol–water partition coefficient (Wildman–Crippen LogP) is -0.730. The molecule has 1 rings (SSSR count). The van der Waals surface area contributed by atoms with Gasteiger partial charge in [0.25, 0.3) is 0 Å². The first-order valence-electron chi connectivity index (χ1n) is 3.29. The van der Waals surface area contributed by atoms with Gasteiger partial charge in [-0.1, -0.05) is 0 Å².